The number of halogens is 1. The van der Waals surface area contributed by atoms with Crippen molar-refractivity contribution in [1.29, 1.82) is 0 Å². The van der Waals surface area contributed by atoms with Crippen LogP contribution in [-0.2, 0) is 4.79 Å². The molecule has 138 valence electrons. The van der Waals surface area contributed by atoms with E-state index < -0.39 is 0 Å². The van der Waals surface area contributed by atoms with E-state index in [1.807, 2.05) is 39.0 Å². The van der Waals surface area contributed by atoms with Crippen LogP contribution >= 0.6 is 11.6 Å². The zero-order valence-corrected chi connectivity index (χ0v) is 16.1. The summed E-state index contributed by atoms with van der Waals surface area (Å²) in [6, 6.07) is 12.6. The summed E-state index contributed by atoms with van der Waals surface area (Å²) < 4.78 is 0. The predicted molar refractivity (Wildman–Crippen MR) is 107 cm³/mol. The standard InChI is InChI=1S/C20H24ClN3O2/c1-4-24(5-2)20(26)15-8-6-7-9-17(15)22-13-19(25)23-18-11-10-14(3)12-16(18)21/h6-12,22H,4-5,13H2,1-3H3,(H,23,25). The number of hydrogen-bond acceptors (Lipinski definition) is 3. The van der Waals surface area contributed by atoms with Crippen LogP contribution in [-0.4, -0.2) is 36.3 Å². The van der Waals surface area contributed by atoms with Crippen LogP contribution < -0.4 is 10.6 Å². The van der Waals surface area contributed by atoms with Crippen LogP contribution in [0.15, 0.2) is 42.5 Å². The van der Waals surface area contributed by atoms with Crippen LogP contribution in [0.25, 0.3) is 0 Å². The highest BCUT2D eigenvalue weighted by molar-refractivity contribution is 6.33. The second kappa shape index (κ2) is 9.25. The van der Waals surface area contributed by atoms with Gasteiger partial charge in [-0.25, -0.2) is 0 Å². The number of rotatable bonds is 7. The van der Waals surface area contributed by atoms with E-state index in [0.29, 0.717) is 35.1 Å². The molecule has 0 unspecified atom stereocenters. The average molecular weight is 374 g/mol. The molecule has 0 aromatic heterocycles. The van der Waals surface area contributed by atoms with E-state index in [-0.39, 0.29) is 18.4 Å². The maximum atomic E-state index is 12.6. The second-order valence-electron chi connectivity index (χ2n) is 5.91. The van der Waals surface area contributed by atoms with Gasteiger partial charge in [-0.3, -0.25) is 9.59 Å². The Morgan fingerprint density at radius 3 is 2.38 bits per heavy atom. The van der Waals surface area contributed by atoms with Crippen molar-refractivity contribution in [3.63, 3.8) is 0 Å². The molecular weight excluding hydrogens is 350 g/mol. The van der Waals surface area contributed by atoms with E-state index in [9.17, 15) is 9.59 Å². The lowest BCUT2D eigenvalue weighted by Crippen LogP contribution is -2.31. The summed E-state index contributed by atoms with van der Waals surface area (Å²) in [5.74, 6) is -0.291. The molecule has 2 aromatic rings. The molecule has 0 radical (unpaired) electrons. The Balaban J connectivity index is 2.05. The van der Waals surface area contributed by atoms with E-state index in [2.05, 4.69) is 10.6 Å². The summed E-state index contributed by atoms with van der Waals surface area (Å²) in [5.41, 5.74) is 2.78. The first-order valence-electron chi connectivity index (χ1n) is 8.64. The highest BCUT2D eigenvalue weighted by Gasteiger charge is 2.16. The highest BCUT2D eigenvalue weighted by atomic mass is 35.5. The van der Waals surface area contributed by atoms with Gasteiger partial charge < -0.3 is 15.5 Å². The fourth-order valence-electron chi connectivity index (χ4n) is 2.60. The lowest BCUT2D eigenvalue weighted by Gasteiger charge is -2.20. The molecule has 2 rings (SSSR count). The molecule has 26 heavy (non-hydrogen) atoms. The van der Waals surface area contributed by atoms with Gasteiger partial charge in [0, 0.05) is 18.8 Å². The molecule has 2 aromatic carbocycles. The Morgan fingerprint density at radius 2 is 1.73 bits per heavy atom. The largest absolute Gasteiger partial charge is 0.376 e. The maximum absolute atomic E-state index is 12.6. The predicted octanol–water partition coefficient (Wildman–Crippen LogP) is 4.18. The molecule has 0 saturated heterocycles. The van der Waals surface area contributed by atoms with Gasteiger partial charge in [0.1, 0.15) is 0 Å². The molecule has 0 atom stereocenters. The van der Waals surface area contributed by atoms with Gasteiger partial charge in [-0.05, 0) is 50.6 Å². The fraction of sp³-hybridized carbons (Fsp3) is 0.300. The first kappa shape index (κ1) is 19.8. The number of para-hydroxylation sites is 1. The zero-order valence-electron chi connectivity index (χ0n) is 15.3. The minimum atomic E-state index is -0.235. The van der Waals surface area contributed by atoms with Gasteiger partial charge in [0.15, 0.2) is 0 Å². The molecule has 0 spiro atoms. The van der Waals surface area contributed by atoms with Crippen LogP contribution in [0.1, 0.15) is 29.8 Å². The normalized spacial score (nSPS) is 10.3. The fourth-order valence-corrected chi connectivity index (χ4v) is 2.88. The Bertz CT molecular complexity index is 788. The Morgan fingerprint density at radius 1 is 1.04 bits per heavy atom. The average Bonchev–Trinajstić information content (AvgIpc) is 2.63. The summed E-state index contributed by atoms with van der Waals surface area (Å²) in [5, 5.41) is 6.31. The quantitative estimate of drug-likeness (QED) is 0.765. The minimum Gasteiger partial charge on any atom is -0.376 e. The molecule has 6 heteroatoms. The van der Waals surface area contributed by atoms with Crippen LogP contribution in [0.4, 0.5) is 11.4 Å². The number of benzene rings is 2. The van der Waals surface area contributed by atoms with E-state index in [1.54, 1.807) is 29.2 Å². The summed E-state index contributed by atoms with van der Waals surface area (Å²) in [6.07, 6.45) is 0. The van der Waals surface area contributed by atoms with Gasteiger partial charge in [-0.2, -0.15) is 0 Å². The van der Waals surface area contributed by atoms with Gasteiger partial charge in [0.2, 0.25) is 5.91 Å². The Hall–Kier alpha value is -2.53. The van der Waals surface area contributed by atoms with Gasteiger partial charge in [0.25, 0.3) is 5.91 Å². The summed E-state index contributed by atoms with van der Waals surface area (Å²) in [6.45, 7) is 7.12. The van der Waals surface area contributed by atoms with Crippen LogP contribution in [0.2, 0.25) is 5.02 Å². The Kier molecular flexibility index (Phi) is 7.04. The third-order valence-electron chi connectivity index (χ3n) is 4.05. The first-order valence-corrected chi connectivity index (χ1v) is 9.02. The van der Waals surface area contributed by atoms with Crippen LogP contribution in [0, 0.1) is 6.92 Å². The number of aryl methyl sites for hydroxylation is 1. The van der Waals surface area contributed by atoms with Crippen LogP contribution in [0.5, 0.6) is 0 Å². The molecule has 0 bridgehead atoms. The van der Waals surface area contributed by atoms with Crippen molar-refractivity contribution in [3.05, 3.63) is 58.6 Å². The SMILES string of the molecule is CCN(CC)C(=O)c1ccccc1NCC(=O)Nc1ccc(C)cc1Cl. The van der Waals surface area contributed by atoms with E-state index >= 15 is 0 Å². The van der Waals surface area contributed by atoms with Crippen molar-refractivity contribution in [2.24, 2.45) is 0 Å². The van der Waals surface area contributed by atoms with Crippen molar-refractivity contribution in [2.45, 2.75) is 20.8 Å². The van der Waals surface area contributed by atoms with Gasteiger partial charge in [0.05, 0.1) is 22.8 Å². The molecule has 0 aliphatic heterocycles. The number of anilines is 2. The number of carbonyl (C=O) groups excluding carboxylic acids is 2. The smallest absolute Gasteiger partial charge is 0.255 e. The molecule has 5 nitrogen and oxygen atoms in total. The van der Waals surface area contributed by atoms with Crippen LogP contribution in [0.3, 0.4) is 0 Å². The van der Waals surface area contributed by atoms with E-state index in [4.69, 9.17) is 11.6 Å². The monoisotopic (exact) mass is 373 g/mol. The first-order chi connectivity index (χ1) is 12.5. The van der Waals surface area contributed by atoms with Gasteiger partial charge >= 0.3 is 0 Å². The summed E-state index contributed by atoms with van der Waals surface area (Å²) >= 11 is 6.14. The lowest BCUT2D eigenvalue weighted by atomic mass is 10.1. The van der Waals surface area contributed by atoms with Crippen molar-refractivity contribution < 1.29 is 9.59 Å². The topological polar surface area (TPSA) is 61.4 Å². The second-order valence-corrected chi connectivity index (χ2v) is 6.32. The van der Waals surface area contributed by atoms with Gasteiger partial charge in [-0.1, -0.05) is 29.8 Å². The molecule has 2 N–H and O–H groups in total. The summed E-state index contributed by atoms with van der Waals surface area (Å²) in [4.78, 5) is 26.6. The lowest BCUT2D eigenvalue weighted by molar-refractivity contribution is -0.114. The molecule has 2 amide bonds. The number of hydrogen-bond donors (Lipinski definition) is 2. The number of nitrogens with one attached hydrogen (secondary N) is 2. The third-order valence-corrected chi connectivity index (χ3v) is 4.36. The number of carbonyl (C=O) groups is 2. The molecule has 0 aliphatic rings. The maximum Gasteiger partial charge on any atom is 0.255 e. The Labute approximate surface area is 159 Å². The van der Waals surface area contributed by atoms with Crippen molar-refractivity contribution in [1.82, 2.24) is 4.90 Å². The van der Waals surface area contributed by atoms with Crippen molar-refractivity contribution >= 4 is 34.8 Å². The number of nitrogens with zero attached hydrogens (tertiary/aromatic N) is 1. The summed E-state index contributed by atoms with van der Waals surface area (Å²) in [7, 11) is 0. The van der Waals surface area contributed by atoms with E-state index in [0.717, 1.165) is 5.56 Å². The highest BCUT2D eigenvalue weighted by Crippen LogP contribution is 2.23. The molecule has 0 fully saturated rings. The molecule has 0 saturated carbocycles. The van der Waals surface area contributed by atoms with Crippen molar-refractivity contribution in [2.75, 3.05) is 30.3 Å². The van der Waals surface area contributed by atoms with Crippen molar-refractivity contribution in [3.8, 4) is 0 Å². The molecule has 0 heterocycles. The zero-order chi connectivity index (χ0) is 19.1. The molecular formula is C20H24ClN3O2. The van der Waals surface area contributed by atoms with E-state index in [1.165, 1.54) is 0 Å². The van der Waals surface area contributed by atoms with Gasteiger partial charge in [-0.15, -0.1) is 0 Å². The third kappa shape index (κ3) is 4.99. The minimum absolute atomic E-state index is 0.0345. The molecule has 0 aliphatic carbocycles. The number of amides is 2.